The highest BCUT2D eigenvalue weighted by atomic mass is 32.2. The molecule has 7 heteroatoms. The van der Waals surface area contributed by atoms with Crippen LogP contribution in [-0.4, -0.2) is 38.0 Å². The first-order valence-corrected chi connectivity index (χ1v) is 8.91. The predicted molar refractivity (Wildman–Crippen MR) is 79.1 cm³/mol. The standard InChI is InChI=1S/C12H19N3O2S2/c1-13-10-5-3-8-14-11(10)19(16,17)15-9-12(18-2)6-4-7-12/h3,5,8,13,15H,4,6-7,9H2,1-2H3. The van der Waals surface area contributed by atoms with Crippen LogP contribution in [0.5, 0.6) is 0 Å². The van der Waals surface area contributed by atoms with Crippen LogP contribution < -0.4 is 10.0 Å². The van der Waals surface area contributed by atoms with Gasteiger partial charge in [-0.25, -0.2) is 18.1 Å². The molecule has 1 aliphatic carbocycles. The van der Waals surface area contributed by atoms with E-state index in [4.69, 9.17) is 0 Å². The van der Waals surface area contributed by atoms with Gasteiger partial charge in [0, 0.05) is 24.5 Å². The lowest BCUT2D eigenvalue weighted by atomic mass is 9.84. The maximum absolute atomic E-state index is 12.3. The molecule has 1 heterocycles. The van der Waals surface area contributed by atoms with Gasteiger partial charge in [0.1, 0.15) is 0 Å². The van der Waals surface area contributed by atoms with E-state index in [1.807, 2.05) is 6.26 Å². The molecule has 0 amide bonds. The quantitative estimate of drug-likeness (QED) is 0.836. The van der Waals surface area contributed by atoms with Gasteiger partial charge in [0.15, 0.2) is 5.03 Å². The number of nitrogens with one attached hydrogen (secondary N) is 2. The van der Waals surface area contributed by atoms with Crippen LogP contribution in [0.25, 0.3) is 0 Å². The average molecular weight is 301 g/mol. The van der Waals surface area contributed by atoms with E-state index in [1.54, 1.807) is 30.9 Å². The zero-order valence-corrected chi connectivity index (χ0v) is 12.8. The number of rotatable bonds is 6. The lowest BCUT2D eigenvalue weighted by Crippen LogP contribution is -2.45. The van der Waals surface area contributed by atoms with Crippen molar-refractivity contribution in [1.29, 1.82) is 0 Å². The van der Waals surface area contributed by atoms with Crippen molar-refractivity contribution in [3.05, 3.63) is 18.3 Å². The molecule has 106 valence electrons. The monoisotopic (exact) mass is 301 g/mol. The predicted octanol–water partition coefficient (Wildman–Crippen LogP) is 1.69. The van der Waals surface area contributed by atoms with Gasteiger partial charge in [-0.2, -0.15) is 11.8 Å². The van der Waals surface area contributed by atoms with Gasteiger partial charge < -0.3 is 5.32 Å². The summed E-state index contributed by atoms with van der Waals surface area (Å²) < 4.78 is 27.3. The van der Waals surface area contributed by atoms with Gasteiger partial charge in [-0.05, 0) is 31.2 Å². The lowest BCUT2D eigenvalue weighted by Gasteiger charge is -2.40. The molecule has 0 atom stereocenters. The lowest BCUT2D eigenvalue weighted by molar-refractivity contribution is 0.361. The van der Waals surface area contributed by atoms with E-state index in [9.17, 15) is 8.42 Å². The van der Waals surface area contributed by atoms with Crippen molar-refractivity contribution < 1.29 is 8.42 Å². The average Bonchev–Trinajstić information content (AvgIpc) is 2.38. The molecule has 5 nitrogen and oxygen atoms in total. The maximum Gasteiger partial charge on any atom is 0.260 e. The molecule has 0 unspecified atom stereocenters. The van der Waals surface area contributed by atoms with Gasteiger partial charge >= 0.3 is 0 Å². The second kappa shape index (κ2) is 5.68. The maximum atomic E-state index is 12.3. The van der Waals surface area contributed by atoms with E-state index in [-0.39, 0.29) is 9.77 Å². The molecule has 0 aromatic carbocycles. The first-order valence-electron chi connectivity index (χ1n) is 6.21. The van der Waals surface area contributed by atoms with Crippen molar-refractivity contribution in [3.8, 4) is 0 Å². The molecule has 2 N–H and O–H groups in total. The Morgan fingerprint density at radius 1 is 1.47 bits per heavy atom. The van der Waals surface area contributed by atoms with E-state index in [1.165, 1.54) is 12.6 Å². The van der Waals surface area contributed by atoms with Gasteiger partial charge in [-0.3, -0.25) is 0 Å². The van der Waals surface area contributed by atoms with Gasteiger partial charge in [-0.15, -0.1) is 0 Å². The number of sulfonamides is 1. The van der Waals surface area contributed by atoms with Crippen LogP contribution in [0, 0.1) is 0 Å². The Balaban J connectivity index is 2.14. The molecule has 1 fully saturated rings. The zero-order valence-electron chi connectivity index (χ0n) is 11.1. The zero-order chi connectivity index (χ0) is 13.9. The van der Waals surface area contributed by atoms with Crippen LogP contribution in [0.3, 0.4) is 0 Å². The van der Waals surface area contributed by atoms with E-state index in [0.717, 1.165) is 12.8 Å². The van der Waals surface area contributed by atoms with Crippen molar-refractivity contribution in [2.45, 2.75) is 29.0 Å². The SMILES string of the molecule is CNc1cccnc1S(=O)(=O)NCC1(SC)CCC1. The molecule has 0 radical (unpaired) electrons. The van der Waals surface area contributed by atoms with Crippen LogP contribution in [0.4, 0.5) is 5.69 Å². The van der Waals surface area contributed by atoms with E-state index < -0.39 is 10.0 Å². The molecule has 0 aliphatic heterocycles. The topological polar surface area (TPSA) is 71.1 Å². The van der Waals surface area contributed by atoms with Crippen LogP contribution in [0.15, 0.2) is 23.4 Å². The first kappa shape index (κ1) is 14.6. The van der Waals surface area contributed by atoms with E-state index >= 15 is 0 Å². The summed E-state index contributed by atoms with van der Waals surface area (Å²) in [7, 11) is -1.87. The van der Waals surface area contributed by atoms with Crippen molar-refractivity contribution in [2.75, 3.05) is 25.2 Å². The summed E-state index contributed by atoms with van der Waals surface area (Å²) in [6.07, 6.45) is 6.83. The highest BCUT2D eigenvalue weighted by Gasteiger charge is 2.37. The normalized spacial score (nSPS) is 17.8. The van der Waals surface area contributed by atoms with Gasteiger partial charge in [-0.1, -0.05) is 6.42 Å². The Bertz CT molecular complexity index is 536. The van der Waals surface area contributed by atoms with E-state index in [2.05, 4.69) is 15.0 Å². The largest absolute Gasteiger partial charge is 0.386 e. The summed E-state index contributed by atoms with van der Waals surface area (Å²) in [6, 6.07) is 3.41. The molecule has 1 aromatic rings. The minimum atomic E-state index is -3.56. The van der Waals surface area contributed by atoms with Crippen LogP contribution >= 0.6 is 11.8 Å². The Kier molecular flexibility index (Phi) is 4.37. The van der Waals surface area contributed by atoms with Crippen LogP contribution in [0.1, 0.15) is 19.3 Å². The highest BCUT2D eigenvalue weighted by Crippen LogP contribution is 2.42. The summed E-state index contributed by atoms with van der Waals surface area (Å²) in [5, 5.41) is 2.92. The second-order valence-electron chi connectivity index (χ2n) is 4.67. The molecular weight excluding hydrogens is 282 g/mol. The molecular formula is C12H19N3O2S2. The third-order valence-corrected chi connectivity index (χ3v) is 6.35. The summed E-state index contributed by atoms with van der Waals surface area (Å²) >= 11 is 1.74. The molecule has 2 rings (SSSR count). The second-order valence-corrected chi connectivity index (χ2v) is 7.63. The third-order valence-electron chi connectivity index (χ3n) is 3.58. The molecule has 0 spiro atoms. The molecule has 1 aromatic heterocycles. The van der Waals surface area contributed by atoms with Crippen molar-refractivity contribution in [3.63, 3.8) is 0 Å². The number of hydrogen-bond acceptors (Lipinski definition) is 5. The fourth-order valence-electron chi connectivity index (χ4n) is 2.11. The Labute approximate surface area is 118 Å². The number of hydrogen-bond donors (Lipinski definition) is 2. The summed E-state index contributed by atoms with van der Waals surface area (Å²) in [4.78, 5) is 3.97. The number of nitrogens with zero attached hydrogens (tertiary/aromatic N) is 1. The smallest absolute Gasteiger partial charge is 0.260 e. The molecule has 0 saturated heterocycles. The van der Waals surface area contributed by atoms with E-state index in [0.29, 0.717) is 12.2 Å². The summed E-state index contributed by atoms with van der Waals surface area (Å²) in [5.41, 5.74) is 0.516. The first-order chi connectivity index (χ1) is 9.03. The minimum absolute atomic E-state index is 0.0630. The number of pyridine rings is 1. The van der Waals surface area contributed by atoms with Gasteiger partial charge in [0.2, 0.25) is 0 Å². The van der Waals surface area contributed by atoms with Crippen molar-refractivity contribution >= 4 is 27.5 Å². The van der Waals surface area contributed by atoms with Crippen LogP contribution in [-0.2, 0) is 10.0 Å². The van der Waals surface area contributed by atoms with Crippen molar-refractivity contribution in [1.82, 2.24) is 9.71 Å². The Hall–Kier alpha value is -0.790. The Morgan fingerprint density at radius 2 is 2.21 bits per heavy atom. The fraction of sp³-hybridized carbons (Fsp3) is 0.583. The minimum Gasteiger partial charge on any atom is -0.386 e. The summed E-state index contributed by atoms with van der Waals surface area (Å²) in [5.74, 6) is 0. The Morgan fingerprint density at radius 3 is 2.74 bits per heavy atom. The van der Waals surface area contributed by atoms with Crippen LogP contribution in [0.2, 0.25) is 0 Å². The fourth-order valence-corrected chi connectivity index (χ4v) is 4.38. The number of anilines is 1. The molecule has 1 aliphatic rings. The number of aromatic nitrogens is 1. The third kappa shape index (κ3) is 3.04. The highest BCUT2D eigenvalue weighted by molar-refractivity contribution is 8.00. The molecule has 19 heavy (non-hydrogen) atoms. The molecule has 1 saturated carbocycles. The molecule has 0 bridgehead atoms. The summed E-state index contributed by atoms with van der Waals surface area (Å²) in [6.45, 7) is 0.468. The van der Waals surface area contributed by atoms with Gasteiger partial charge in [0.05, 0.1) is 5.69 Å². The number of thioether (sulfide) groups is 1. The van der Waals surface area contributed by atoms with Gasteiger partial charge in [0.25, 0.3) is 10.0 Å². The van der Waals surface area contributed by atoms with Crippen molar-refractivity contribution in [2.24, 2.45) is 0 Å².